The summed E-state index contributed by atoms with van der Waals surface area (Å²) in [6.07, 6.45) is 4.67. The normalized spacial score (nSPS) is 24.9. The van der Waals surface area contributed by atoms with Gasteiger partial charge in [0, 0.05) is 32.2 Å². The van der Waals surface area contributed by atoms with Crippen LogP contribution >= 0.6 is 24.8 Å². The van der Waals surface area contributed by atoms with Gasteiger partial charge in [-0.05, 0) is 44.2 Å². The van der Waals surface area contributed by atoms with E-state index in [0.29, 0.717) is 12.6 Å². The molecule has 0 saturated carbocycles. The molecule has 2 aliphatic heterocycles. The monoisotopic (exact) mass is 431 g/mol. The summed E-state index contributed by atoms with van der Waals surface area (Å²) in [5.74, 6) is 0.175. The molecule has 1 aromatic carbocycles. The maximum Gasteiger partial charge on any atom is 0.252 e. The van der Waals surface area contributed by atoms with Crippen LogP contribution in [0.5, 0.6) is 0 Å². The molecule has 0 spiro atoms. The number of ether oxygens (including phenoxy) is 1. The Hall–Kier alpha value is -0.850. The first-order valence-corrected chi connectivity index (χ1v) is 10.1. The highest BCUT2D eigenvalue weighted by Gasteiger charge is 2.36. The van der Waals surface area contributed by atoms with Crippen molar-refractivity contribution >= 4 is 30.7 Å². The zero-order valence-electron chi connectivity index (χ0n) is 16.8. The van der Waals surface area contributed by atoms with E-state index in [9.17, 15) is 4.79 Å². The number of carbonyl (C=O) groups excluding carboxylic acids is 1. The van der Waals surface area contributed by atoms with E-state index in [1.165, 1.54) is 5.56 Å². The lowest BCUT2D eigenvalue weighted by molar-refractivity contribution is -0.146. The molecular weight excluding hydrogens is 397 g/mol. The smallest absolute Gasteiger partial charge is 0.252 e. The van der Waals surface area contributed by atoms with Gasteiger partial charge in [-0.1, -0.05) is 37.3 Å². The molecule has 5 nitrogen and oxygen atoms in total. The molecule has 3 rings (SSSR count). The second-order valence-corrected chi connectivity index (χ2v) is 7.61. The molecular formula is C21H35Cl2N3O2. The number of amides is 1. The fourth-order valence-electron chi connectivity index (χ4n) is 4.23. The minimum absolute atomic E-state index is 0. The highest BCUT2D eigenvalue weighted by Crippen LogP contribution is 2.24. The number of rotatable bonds is 7. The van der Waals surface area contributed by atoms with E-state index in [0.717, 1.165) is 58.3 Å². The van der Waals surface area contributed by atoms with Crippen molar-refractivity contribution in [1.29, 1.82) is 0 Å². The van der Waals surface area contributed by atoms with Gasteiger partial charge in [0.15, 0.2) is 0 Å². The number of nitrogens with zero attached hydrogens (tertiary/aromatic N) is 2. The average molecular weight is 432 g/mol. The highest BCUT2D eigenvalue weighted by molar-refractivity contribution is 5.85. The van der Waals surface area contributed by atoms with Crippen LogP contribution in [0.4, 0.5) is 0 Å². The van der Waals surface area contributed by atoms with Crippen molar-refractivity contribution in [2.45, 2.75) is 63.8 Å². The summed E-state index contributed by atoms with van der Waals surface area (Å²) in [4.78, 5) is 17.7. The van der Waals surface area contributed by atoms with Gasteiger partial charge in [0.25, 0.3) is 5.91 Å². The molecule has 2 aliphatic rings. The van der Waals surface area contributed by atoms with Crippen molar-refractivity contribution in [3.8, 4) is 0 Å². The molecule has 7 heteroatoms. The highest BCUT2D eigenvalue weighted by atomic mass is 35.5. The quantitative estimate of drug-likeness (QED) is 0.719. The van der Waals surface area contributed by atoms with Gasteiger partial charge >= 0.3 is 0 Å². The molecule has 2 N–H and O–H groups in total. The van der Waals surface area contributed by atoms with Crippen LogP contribution < -0.4 is 5.73 Å². The summed E-state index contributed by atoms with van der Waals surface area (Å²) < 4.78 is 5.88. The summed E-state index contributed by atoms with van der Waals surface area (Å²) >= 11 is 0. The number of carbonyl (C=O) groups is 1. The van der Waals surface area contributed by atoms with Crippen LogP contribution in [0.15, 0.2) is 30.3 Å². The van der Waals surface area contributed by atoms with Gasteiger partial charge in [-0.2, -0.15) is 0 Å². The van der Waals surface area contributed by atoms with E-state index in [1.807, 2.05) is 0 Å². The van der Waals surface area contributed by atoms with E-state index in [1.54, 1.807) is 0 Å². The standard InChI is InChI=1S/C21H33N3O2.2ClH/c1-2-12-24(21(25)20-11-10-19(14-22)26-20)18-9-6-13-23(16-18)15-17-7-4-3-5-8-17;;/h3-5,7-8,18-20H,2,6,9-16,22H2,1H3;2*1H/t18?,19-,20+;;/m1../s1. The Balaban J connectivity index is 0.00000196. The number of nitrogens with two attached hydrogens (primary N) is 1. The Morgan fingerprint density at radius 3 is 2.61 bits per heavy atom. The fourth-order valence-corrected chi connectivity index (χ4v) is 4.23. The van der Waals surface area contributed by atoms with Crippen molar-refractivity contribution in [3.63, 3.8) is 0 Å². The molecule has 2 fully saturated rings. The predicted octanol–water partition coefficient (Wildman–Crippen LogP) is 3.24. The van der Waals surface area contributed by atoms with Crippen LogP contribution in [-0.4, -0.2) is 60.1 Å². The second kappa shape index (κ2) is 12.7. The summed E-state index contributed by atoms with van der Waals surface area (Å²) in [5, 5.41) is 0. The van der Waals surface area contributed by atoms with E-state index >= 15 is 0 Å². The van der Waals surface area contributed by atoms with Crippen molar-refractivity contribution in [1.82, 2.24) is 9.80 Å². The minimum atomic E-state index is -0.292. The molecule has 0 bridgehead atoms. The molecule has 1 unspecified atom stereocenters. The van der Waals surface area contributed by atoms with Gasteiger partial charge in [0.1, 0.15) is 6.10 Å². The Labute approximate surface area is 181 Å². The van der Waals surface area contributed by atoms with E-state index < -0.39 is 0 Å². The van der Waals surface area contributed by atoms with E-state index in [-0.39, 0.29) is 42.9 Å². The molecule has 160 valence electrons. The maximum absolute atomic E-state index is 13.1. The van der Waals surface area contributed by atoms with Gasteiger partial charge < -0.3 is 15.4 Å². The molecule has 2 saturated heterocycles. The molecule has 0 radical (unpaired) electrons. The second-order valence-electron chi connectivity index (χ2n) is 7.61. The number of likely N-dealkylation sites (tertiary alicyclic amines) is 1. The van der Waals surface area contributed by atoms with Crippen molar-refractivity contribution in [2.24, 2.45) is 5.73 Å². The van der Waals surface area contributed by atoms with Crippen molar-refractivity contribution in [2.75, 3.05) is 26.2 Å². The largest absolute Gasteiger partial charge is 0.364 e. The third kappa shape index (κ3) is 6.60. The zero-order valence-corrected chi connectivity index (χ0v) is 18.4. The minimum Gasteiger partial charge on any atom is -0.364 e. The van der Waals surface area contributed by atoms with Crippen molar-refractivity contribution in [3.05, 3.63) is 35.9 Å². The third-order valence-corrected chi connectivity index (χ3v) is 5.56. The Bertz CT molecular complexity index is 576. The Morgan fingerprint density at radius 2 is 1.96 bits per heavy atom. The van der Waals surface area contributed by atoms with Crippen LogP contribution in [0.3, 0.4) is 0 Å². The SMILES string of the molecule is CCCN(C(=O)[C@@H]1CC[C@H](CN)O1)C1CCCN(Cc2ccccc2)C1.Cl.Cl. The third-order valence-electron chi connectivity index (χ3n) is 5.56. The van der Waals surface area contributed by atoms with Crippen molar-refractivity contribution < 1.29 is 9.53 Å². The first-order valence-electron chi connectivity index (χ1n) is 10.1. The Morgan fingerprint density at radius 1 is 1.21 bits per heavy atom. The van der Waals surface area contributed by atoms with Crippen LogP contribution in [0.1, 0.15) is 44.6 Å². The lowest BCUT2D eigenvalue weighted by Gasteiger charge is -2.40. The summed E-state index contributed by atoms with van der Waals surface area (Å²) in [6.45, 7) is 6.48. The molecule has 0 aromatic heterocycles. The predicted molar refractivity (Wildman–Crippen MR) is 118 cm³/mol. The first kappa shape index (κ1) is 25.2. The van der Waals surface area contributed by atoms with Crippen LogP contribution in [-0.2, 0) is 16.1 Å². The number of benzene rings is 1. The average Bonchev–Trinajstić information content (AvgIpc) is 3.16. The van der Waals surface area contributed by atoms with Gasteiger partial charge in [-0.3, -0.25) is 9.69 Å². The van der Waals surface area contributed by atoms with Crippen LogP contribution in [0.25, 0.3) is 0 Å². The van der Waals surface area contributed by atoms with Gasteiger partial charge in [0.2, 0.25) is 0 Å². The van der Waals surface area contributed by atoms with E-state index in [2.05, 4.69) is 47.1 Å². The van der Waals surface area contributed by atoms with Gasteiger partial charge in [0.05, 0.1) is 6.10 Å². The summed E-state index contributed by atoms with van der Waals surface area (Å²) in [6, 6.07) is 10.9. The van der Waals surface area contributed by atoms with Gasteiger partial charge in [-0.25, -0.2) is 0 Å². The molecule has 3 atom stereocenters. The van der Waals surface area contributed by atoms with Crippen LogP contribution in [0, 0.1) is 0 Å². The summed E-state index contributed by atoms with van der Waals surface area (Å²) in [7, 11) is 0. The molecule has 28 heavy (non-hydrogen) atoms. The number of halogens is 2. The molecule has 0 aliphatic carbocycles. The summed E-state index contributed by atoms with van der Waals surface area (Å²) in [5.41, 5.74) is 7.05. The fraction of sp³-hybridized carbons (Fsp3) is 0.667. The molecule has 2 heterocycles. The number of piperidine rings is 1. The first-order chi connectivity index (χ1) is 12.7. The molecule has 1 amide bonds. The number of hydrogen-bond donors (Lipinski definition) is 1. The number of hydrogen-bond acceptors (Lipinski definition) is 4. The Kier molecular flexibility index (Phi) is 11.4. The zero-order chi connectivity index (χ0) is 18.4. The van der Waals surface area contributed by atoms with Gasteiger partial charge in [-0.15, -0.1) is 24.8 Å². The topological polar surface area (TPSA) is 58.8 Å². The lowest BCUT2D eigenvalue weighted by Crippen LogP contribution is -2.52. The van der Waals surface area contributed by atoms with E-state index in [4.69, 9.17) is 10.5 Å². The maximum atomic E-state index is 13.1. The lowest BCUT2D eigenvalue weighted by atomic mass is 10.0. The van der Waals surface area contributed by atoms with Crippen LogP contribution in [0.2, 0.25) is 0 Å². The molecule has 1 aromatic rings.